The number of H-pyrrole nitrogens is 1. The van der Waals surface area contributed by atoms with E-state index in [1.165, 1.54) is 0 Å². The van der Waals surface area contributed by atoms with Gasteiger partial charge in [-0.05, 0) is 12.1 Å². The lowest BCUT2D eigenvalue weighted by Crippen LogP contribution is -2.37. The fraction of sp³-hybridized carbons (Fsp3) is 0.250. The Morgan fingerprint density at radius 3 is 2.50 bits per heavy atom. The van der Waals surface area contributed by atoms with Crippen molar-refractivity contribution in [2.24, 2.45) is 5.84 Å². The number of hydrogen-bond acceptors (Lipinski definition) is 6. The van der Waals surface area contributed by atoms with E-state index < -0.39 is 23.9 Å². The fourth-order valence-corrected chi connectivity index (χ4v) is 1.90. The molecule has 0 bridgehead atoms. The summed E-state index contributed by atoms with van der Waals surface area (Å²) in [5, 5.41) is 8.52. The van der Waals surface area contributed by atoms with Crippen molar-refractivity contribution in [3.8, 4) is 0 Å². The van der Waals surface area contributed by atoms with Crippen LogP contribution >= 0.6 is 0 Å². The number of hydrogen-bond donors (Lipinski definition) is 3. The highest BCUT2D eigenvalue weighted by molar-refractivity contribution is 6.05. The SMILES string of the molecule is COC(=O)Nc1cc(C(F)(F)F)cc2c(N(N)C(=O)OC)n[nH]c12. The molecule has 1 aromatic heterocycles. The summed E-state index contributed by atoms with van der Waals surface area (Å²) < 4.78 is 48.0. The zero-order chi connectivity index (χ0) is 18.1. The second-order valence-corrected chi connectivity index (χ2v) is 4.45. The lowest BCUT2D eigenvalue weighted by atomic mass is 10.1. The van der Waals surface area contributed by atoms with E-state index in [0.29, 0.717) is 11.1 Å². The molecule has 1 heterocycles. The number of carbonyl (C=O) groups is 2. The van der Waals surface area contributed by atoms with Crippen LogP contribution in [-0.4, -0.2) is 36.6 Å². The Balaban J connectivity index is 2.67. The van der Waals surface area contributed by atoms with Crippen LogP contribution in [-0.2, 0) is 15.7 Å². The van der Waals surface area contributed by atoms with Gasteiger partial charge >= 0.3 is 18.4 Å². The molecule has 0 unspecified atom stereocenters. The van der Waals surface area contributed by atoms with Crippen molar-refractivity contribution in [3.05, 3.63) is 17.7 Å². The van der Waals surface area contributed by atoms with Gasteiger partial charge in [-0.3, -0.25) is 10.4 Å². The highest BCUT2D eigenvalue weighted by atomic mass is 19.4. The molecule has 1 aromatic carbocycles. The van der Waals surface area contributed by atoms with Crippen LogP contribution in [0.4, 0.5) is 34.3 Å². The smallest absolute Gasteiger partial charge is 0.430 e. The van der Waals surface area contributed by atoms with Gasteiger partial charge in [0.2, 0.25) is 0 Å². The second kappa shape index (κ2) is 6.23. The van der Waals surface area contributed by atoms with Crippen LogP contribution in [0.2, 0.25) is 0 Å². The number of nitrogens with two attached hydrogens (primary N) is 1. The number of fused-ring (bicyclic) bond motifs is 1. The maximum atomic E-state index is 13.1. The fourth-order valence-electron chi connectivity index (χ4n) is 1.90. The van der Waals surface area contributed by atoms with Crippen molar-refractivity contribution >= 4 is 34.6 Å². The number of carbonyl (C=O) groups excluding carboxylic acids is 2. The molecule has 0 aliphatic rings. The van der Waals surface area contributed by atoms with E-state index in [1.807, 2.05) is 0 Å². The van der Waals surface area contributed by atoms with E-state index in [4.69, 9.17) is 5.84 Å². The first-order valence-corrected chi connectivity index (χ1v) is 6.26. The monoisotopic (exact) mass is 347 g/mol. The van der Waals surface area contributed by atoms with Crippen LogP contribution in [0.25, 0.3) is 10.9 Å². The van der Waals surface area contributed by atoms with E-state index in [0.717, 1.165) is 20.3 Å². The number of halogens is 3. The summed E-state index contributed by atoms with van der Waals surface area (Å²) in [6.45, 7) is 0. The molecule has 2 amide bonds. The number of aromatic nitrogens is 2. The topological polar surface area (TPSA) is 123 Å². The summed E-state index contributed by atoms with van der Waals surface area (Å²) in [7, 11) is 2.10. The van der Waals surface area contributed by atoms with E-state index in [9.17, 15) is 22.8 Å². The van der Waals surface area contributed by atoms with Crippen LogP contribution in [0.15, 0.2) is 12.1 Å². The summed E-state index contributed by atoms with van der Waals surface area (Å²) in [5.74, 6) is 5.17. The minimum atomic E-state index is -4.71. The molecule has 12 heteroatoms. The molecule has 0 atom stereocenters. The van der Waals surface area contributed by atoms with E-state index in [-0.39, 0.29) is 22.4 Å². The Morgan fingerprint density at radius 2 is 1.96 bits per heavy atom. The van der Waals surface area contributed by atoms with Gasteiger partial charge in [0.05, 0.1) is 31.0 Å². The standard InChI is InChI=1S/C12H12F3N5O4/c1-23-10(21)17-7-4-5(12(13,14)15)3-6-8(7)18-19-9(6)20(16)11(22)24-2/h3-4H,16H2,1-2H3,(H,17,21)(H,18,19). The van der Waals surface area contributed by atoms with Gasteiger partial charge < -0.3 is 9.47 Å². The summed E-state index contributed by atoms with van der Waals surface area (Å²) in [4.78, 5) is 22.8. The van der Waals surface area contributed by atoms with Gasteiger partial charge in [0.15, 0.2) is 5.82 Å². The Bertz CT molecular complexity index is 789. The molecule has 130 valence electrons. The van der Waals surface area contributed by atoms with Crippen LogP contribution in [0, 0.1) is 0 Å². The first-order valence-electron chi connectivity index (χ1n) is 6.26. The lowest BCUT2D eigenvalue weighted by molar-refractivity contribution is -0.137. The first kappa shape index (κ1) is 17.3. The van der Waals surface area contributed by atoms with E-state index in [2.05, 4.69) is 25.0 Å². The Labute approximate surface area is 132 Å². The van der Waals surface area contributed by atoms with Gasteiger partial charge in [0, 0.05) is 5.39 Å². The molecule has 0 fully saturated rings. The number of benzene rings is 1. The van der Waals surface area contributed by atoms with Crippen molar-refractivity contribution in [2.45, 2.75) is 6.18 Å². The third kappa shape index (κ3) is 3.17. The minimum absolute atomic E-state index is 0.0164. The number of anilines is 2. The number of ether oxygens (including phenoxy) is 2. The number of aromatic amines is 1. The largest absolute Gasteiger partial charge is 0.453 e. The number of rotatable bonds is 2. The normalized spacial score (nSPS) is 11.2. The molecule has 0 saturated heterocycles. The maximum absolute atomic E-state index is 13.1. The lowest BCUT2D eigenvalue weighted by Gasteiger charge is -2.14. The third-order valence-corrected chi connectivity index (χ3v) is 3.00. The highest BCUT2D eigenvalue weighted by Gasteiger charge is 2.33. The highest BCUT2D eigenvalue weighted by Crippen LogP contribution is 2.37. The predicted octanol–water partition coefficient (Wildman–Crippen LogP) is 2.21. The van der Waals surface area contributed by atoms with Gasteiger partial charge in [-0.15, -0.1) is 0 Å². The number of hydrazine groups is 1. The summed E-state index contributed by atoms with van der Waals surface area (Å²) in [5.41, 5.74) is -1.31. The molecule has 0 spiro atoms. The van der Waals surface area contributed by atoms with Gasteiger partial charge in [0.25, 0.3) is 0 Å². The second-order valence-electron chi connectivity index (χ2n) is 4.45. The van der Waals surface area contributed by atoms with Gasteiger partial charge in [-0.1, -0.05) is 0 Å². The number of amides is 2. The van der Waals surface area contributed by atoms with Crippen LogP contribution in [0.1, 0.15) is 5.56 Å². The Kier molecular flexibility index (Phi) is 4.50. The molecule has 24 heavy (non-hydrogen) atoms. The van der Waals surface area contributed by atoms with Crippen molar-refractivity contribution in [3.63, 3.8) is 0 Å². The van der Waals surface area contributed by atoms with Gasteiger partial charge in [-0.25, -0.2) is 15.4 Å². The Hall–Kier alpha value is -3.02. The molecule has 4 N–H and O–H groups in total. The number of nitrogens with zero attached hydrogens (tertiary/aromatic N) is 2. The summed E-state index contributed by atoms with van der Waals surface area (Å²) >= 11 is 0. The van der Waals surface area contributed by atoms with Crippen molar-refractivity contribution < 1.29 is 32.2 Å². The molecular weight excluding hydrogens is 335 g/mol. The molecule has 9 nitrogen and oxygen atoms in total. The van der Waals surface area contributed by atoms with Crippen LogP contribution < -0.4 is 16.2 Å². The zero-order valence-electron chi connectivity index (χ0n) is 12.4. The molecule has 0 saturated carbocycles. The first-order chi connectivity index (χ1) is 11.2. The van der Waals surface area contributed by atoms with Crippen molar-refractivity contribution in [1.82, 2.24) is 10.2 Å². The number of nitrogens with one attached hydrogen (secondary N) is 2. The minimum Gasteiger partial charge on any atom is -0.453 e. The summed E-state index contributed by atoms with van der Waals surface area (Å²) in [6.07, 6.45) is -6.73. The average Bonchev–Trinajstić information content (AvgIpc) is 2.96. The quantitative estimate of drug-likeness (QED) is 0.435. The molecule has 0 radical (unpaired) electrons. The van der Waals surface area contributed by atoms with Crippen molar-refractivity contribution in [1.29, 1.82) is 0 Å². The maximum Gasteiger partial charge on any atom is 0.430 e. The molecule has 0 aliphatic heterocycles. The molecule has 0 aliphatic carbocycles. The number of methoxy groups -OCH3 is 2. The molecule has 2 aromatic rings. The van der Waals surface area contributed by atoms with Crippen LogP contribution in [0.5, 0.6) is 0 Å². The van der Waals surface area contributed by atoms with E-state index in [1.54, 1.807) is 0 Å². The molecule has 2 rings (SSSR count). The third-order valence-electron chi connectivity index (χ3n) is 3.00. The van der Waals surface area contributed by atoms with E-state index >= 15 is 0 Å². The Morgan fingerprint density at radius 1 is 1.29 bits per heavy atom. The summed E-state index contributed by atoms with van der Waals surface area (Å²) in [6, 6.07) is 1.43. The van der Waals surface area contributed by atoms with Gasteiger partial charge in [0.1, 0.15) is 0 Å². The zero-order valence-corrected chi connectivity index (χ0v) is 12.4. The van der Waals surface area contributed by atoms with Crippen LogP contribution in [0.3, 0.4) is 0 Å². The molecular formula is C12H12F3N5O4. The van der Waals surface area contributed by atoms with Gasteiger partial charge in [-0.2, -0.15) is 23.3 Å². The van der Waals surface area contributed by atoms with Crippen molar-refractivity contribution in [2.75, 3.05) is 24.5 Å². The average molecular weight is 347 g/mol. The predicted molar refractivity (Wildman–Crippen MR) is 76.2 cm³/mol. The number of alkyl halides is 3.